The van der Waals surface area contributed by atoms with E-state index in [2.05, 4.69) is 19.6 Å². The standard InChI is InChI=1S/C11H17F3N4S/c1-18(2)8-5-3-4-7(6-8)15-10-16-9(17-19-10)11(12,13)14/h7-8H,3-6H2,1-2H3,(H,15,16,17)/t7-,8+/m1/s1. The van der Waals surface area contributed by atoms with E-state index in [0.29, 0.717) is 6.04 Å². The average Bonchev–Trinajstić information content (AvgIpc) is 2.77. The van der Waals surface area contributed by atoms with E-state index in [1.807, 2.05) is 14.1 Å². The second-order valence-electron chi connectivity index (χ2n) is 5.05. The second kappa shape index (κ2) is 5.62. The molecule has 1 heterocycles. The first-order chi connectivity index (χ1) is 8.86. The normalized spacial score (nSPS) is 24.7. The quantitative estimate of drug-likeness (QED) is 0.930. The molecule has 108 valence electrons. The van der Waals surface area contributed by atoms with Gasteiger partial charge in [-0.2, -0.15) is 22.5 Å². The third-order valence-electron chi connectivity index (χ3n) is 3.38. The van der Waals surface area contributed by atoms with Crippen molar-refractivity contribution in [3.05, 3.63) is 5.82 Å². The fourth-order valence-electron chi connectivity index (χ4n) is 2.34. The van der Waals surface area contributed by atoms with Crippen molar-refractivity contribution in [2.24, 2.45) is 0 Å². The molecule has 1 aromatic rings. The third-order valence-corrected chi connectivity index (χ3v) is 4.03. The lowest BCUT2D eigenvalue weighted by molar-refractivity contribution is -0.144. The highest BCUT2D eigenvalue weighted by Crippen LogP contribution is 2.30. The van der Waals surface area contributed by atoms with Crippen molar-refractivity contribution < 1.29 is 13.2 Å². The average molecular weight is 294 g/mol. The summed E-state index contributed by atoms with van der Waals surface area (Å²) in [7, 11) is 4.06. The maximum absolute atomic E-state index is 12.4. The van der Waals surface area contributed by atoms with Crippen molar-refractivity contribution in [2.45, 2.75) is 43.9 Å². The van der Waals surface area contributed by atoms with Crippen molar-refractivity contribution >= 4 is 16.7 Å². The maximum Gasteiger partial charge on any atom is 0.452 e. The van der Waals surface area contributed by atoms with E-state index in [1.54, 1.807) is 0 Å². The van der Waals surface area contributed by atoms with Crippen molar-refractivity contribution in [3.8, 4) is 0 Å². The molecule has 0 unspecified atom stereocenters. The van der Waals surface area contributed by atoms with Crippen LogP contribution in [0.4, 0.5) is 18.3 Å². The lowest BCUT2D eigenvalue weighted by Crippen LogP contribution is -2.38. The molecule has 1 fully saturated rings. The van der Waals surface area contributed by atoms with E-state index in [1.165, 1.54) is 0 Å². The highest BCUT2D eigenvalue weighted by molar-refractivity contribution is 7.09. The van der Waals surface area contributed by atoms with E-state index in [-0.39, 0.29) is 11.2 Å². The number of nitrogens with one attached hydrogen (secondary N) is 1. The zero-order chi connectivity index (χ0) is 14.0. The minimum atomic E-state index is -4.46. The summed E-state index contributed by atoms with van der Waals surface area (Å²) < 4.78 is 40.5. The Morgan fingerprint density at radius 2 is 2.05 bits per heavy atom. The first-order valence-corrected chi connectivity index (χ1v) is 6.97. The SMILES string of the molecule is CN(C)[C@H]1CCC[C@@H](Nc2nc(C(F)(F)F)ns2)C1. The van der Waals surface area contributed by atoms with Crippen LogP contribution in [0.15, 0.2) is 0 Å². The number of hydrogen-bond donors (Lipinski definition) is 1. The fourth-order valence-corrected chi connectivity index (χ4v) is 3.00. The summed E-state index contributed by atoms with van der Waals surface area (Å²) in [4.78, 5) is 5.66. The summed E-state index contributed by atoms with van der Waals surface area (Å²) >= 11 is 0.774. The van der Waals surface area contributed by atoms with Gasteiger partial charge in [-0.25, -0.2) is 0 Å². The number of hydrogen-bond acceptors (Lipinski definition) is 5. The van der Waals surface area contributed by atoms with E-state index in [9.17, 15) is 13.2 Å². The second-order valence-corrected chi connectivity index (χ2v) is 5.80. The van der Waals surface area contributed by atoms with Crippen LogP contribution in [0.3, 0.4) is 0 Å². The zero-order valence-corrected chi connectivity index (χ0v) is 11.7. The van der Waals surface area contributed by atoms with Crippen molar-refractivity contribution in [1.29, 1.82) is 0 Å². The first kappa shape index (κ1) is 14.5. The van der Waals surface area contributed by atoms with Crippen molar-refractivity contribution in [2.75, 3.05) is 19.4 Å². The molecule has 2 rings (SSSR count). The van der Waals surface area contributed by atoms with E-state index in [4.69, 9.17) is 0 Å². The van der Waals surface area contributed by atoms with Gasteiger partial charge in [-0.1, -0.05) is 0 Å². The molecule has 2 atom stereocenters. The van der Waals surface area contributed by atoms with E-state index in [0.717, 1.165) is 37.2 Å². The predicted molar refractivity (Wildman–Crippen MR) is 68.3 cm³/mol. The molecule has 0 radical (unpaired) electrons. The van der Waals surface area contributed by atoms with Crippen LogP contribution >= 0.6 is 11.5 Å². The van der Waals surface area contributed by atoms with Crippen LogP contribution < -0.4 is 5.32 Å². The Hall–Kier alpha value is -0.890. The van der Waals surface area contributed by atoms with Crippen LogP contribution in [0.5, 0.6) is 0 Å². The van der Waals surface area contributed by atoms with Crippen LogP contribution in [0.2, 0.25) is 0 Å². The highest BCUT2D eigenvalue weighted by atomic mass is 32.1. The summed E-state index contributed by atoms with van der Waals surface area (Å²) in [5.74, 6) is -1.06. The van der Waals surface area contributed by atoms with Gasteiger partial charge < -0.3 is 10.2 Å². The molecule has 0 bridgehead atoms. The van der Waals surface area contributed by atoms with Crippen LogP contribution in [0, 0.1) is 0 Å². The Kier molecular flexibility index (Phi) is 4.29. The van der Waals surface area contributed by atoms with Crippen molar-refractivity contribution in [3.63, 3.8) is 0 Å². The fraction of sp³-hybridized carbons (Fsp3) is 0.818. The van der Waals surface area contributed by atoms with Gasteiger partial charge in [-0.3, -0.25) is 0 Å². The molecule has 1 saturated carbocycles. The van der Waals surface area contributed by atoms with E-state index < -0.39 is 12.0 Å². The molecule has 0 amide bonds. The van der Waals surface area contributed by atoms with E-state index >= 15 is 0 Å². The van der Waals surface area contributed by atoms with Gasteiger partial charge in [-0.05, 0) is 39.8 Å². The molecule has 4 nitrogen and oxygen atoms in total. The number of nitrogens with zero attached hydrogens (tertiary/aromatic N) is 3. The monoisotopic (exact) mass is 294 g/mol. The molecule has 0 aliphatic heterocycles. The Balaban J connectivity index is 1.95. The van der Waals surface area contributed by atoms with Gasteiger partial charge in [0.05, 0.1) is 0 Å². The summed E-state index contributed by atoms with van der Waals surface area (Å²) in [5.41, 5.74) is 0. The highest BCUT2D eigenvalue weighted by Gasteiger charge is 2.36. The van der Waals surface area contributed by atoms with Gasteiger partial charge in [0, 0.05) is 23.6 Å². The molecule has 1 aromatic heterocycles. The molecule has 1 aliphatic rings. The van der Waals surface area contributed by atoms with Crippen LogP contribution in [0.1, 0.15) is 31.5 Å². The first-order valence-electron chi connectivity index (χ1n) is 6.20. The topological polar surface area (TPSA) is 41.0 Å². The summed E-state index contributed by atoms with van der Waals surface area (Å²) in [6.07, 6.45) is -0.366. The van der Waals surface area contributed by atoms with Gasteiger partial charge >= 0.3 is 6.18 Å². The number of aromatic nitrogens is 2. The van der Waals surface area contributed by atoms with Crippen LogP contribution in [-0.4, -0.2) is 40.4 Å². The smallest absolute Gasteiger partial charge is 0.357 e. The minimum absolute atomic E-state index is 0.176. The summed E-state index contributed by atoms with van der Waals surface area (Å²) in [6, 6.07) is 0.649. The Morgan fingerprint density at radius 1 is 1.32 bits per heavy atom. The molecule has 19 heavy (non-hydrogen) atoms. The summed E-state index contributed by atoms with van der Waals surface area (Å²) in [6.45, 7) is 0. The number of halogens is 3. The molecule has 0 saturated heterocycles. The Labute approximate surface area is 114 Å². The van der Waals surface area contributed by atoms with Crippen LogP contribution in [-0.2, 0) is 6.18 Å². The number of anilines is 1. The third kappa shape index (κ3) is 3.79. The Bertz CT molecular complexity index is 418. The Morgan fingerprint density at radius 3 is 2.63 bits per heavy atom. The van der Waals surface area contributed by atoms with Gasteiger partial charge in [-0.15, -0.1) is 0 Å². The summed E-state index contributed by atoms with van der Waals surface area (Å²) in [5, 5.41) is 3.34. The van der Waals surface area contributed by atoms with Gasteiger partial charge in [0.2, 0.25) is 11.0 Å². The number of alkyl halides is 3. The van der Waals surface area contributed by atoms with Gasteiger partial charge in [0.25, 0.3) is 0 Å². The molecular formula is C11H17F3N4S. The molecule has 8 heteroatoms. The molecule has 0 aromatic carbocycles. The van der Waals surface area contributed by atoms with Gasteiger partial charge in [0.15, 0.2) is 0 Å². The lowest BCUT2D eigenvalue weighted by atomic mass is 9.90. The van der Waals surface area contributed by atoms with Crippen molar-refractivity contribution in [1.82, 2.24) is 14.3 Å². The predicted octanol–water partition coefficient (Wildman–Crippen LogP) is 2.84. The minimum Gasteiger partial charge on any atom is -0.357 e. The molecular weight excluding hydrogens is 277 g/mol. The zero-order valence-electron chi connectivity index (χ0n) is 10.9. The maximum atomic E-state index is 12.4. The molecule has 1 N–H and O–H groups in total. The largest absolute Gasteiger partial charge is 0.452 e. The van der Waals surface area contributed by atoms with Crippen LogP contribution in [0.25, 0.3) is 0 Å². The number of rotatable bonds is 3. The molecule has 1 aliphatic carbocycles. The lowest BCUT2D eigenvalue weighted by Gasteiger charge is -2.33. The van der Waals surface area contributed by atoms with Gasteiger partial charge in [0.1, 0.15) is 0 Å². The molecule has 0 spiro atoms.